The third kappa shape index (κ3) is 6.73. The largest absolute Gasteiger partial charge is 0.458 e. The Hall–Kier alpha value is -1.23. The van der Waals surface area contributed by atoms with Crippen LogP contribution in [0.3, 0.4) is 0 Å². The van der Waals surface area contributed by atoms with Gasteiger partial charge >= 0.3 is 17.9 Å². The minimum absolute atomic E-state index is 0.00299. The highest BCUT2D eigenvalue weighted by molar-refractivity contribution is 9.28. The second-order valence-corrected chi connectivity index (χ2v) is 18.6. The lowest BCUT2D eigenvalue weighted by atomic mass is 9.36. The minimum atomic E-state index is -0.748. The number of halogens is 2. The van der Waals surface area contributed by atoms with Gasteiger partial charge in [0.2, 0.25) is 6.79 Å². The number of hydrogen-bond acceptors (Lipinski definition) is 8. The van der Waals surface area contributed by atoms with E-state index in [2.05, 4.69) is 59.6 Å². The van der Waals surface area contributed by atoms with Crippen molar-refractivity contribution >= 4 is 49.8 Å². The van der Waals surface area contributed by atoms with E-state index < -0.39 is 42.3 Å². The first-order valence-electron chi connectivity index (χ1n) is 16.4. The summed E-state index contributed by atoms with van der Waals surface area (Å²) >= 11 is 6.79. The van der Waals surface area contributed by atoms with Crippen molar-refractivity contribution in [2.75, 3.05) is 6.79 Å². The monoisotopic (exact) mass is 758 g/mol. The first-order valence-corrected chi connectivity index (χ1v) is 18.0. The number of carbonyl (C=O) groups is 3. The molecule has 4 fully saturated rings. The second kappa shape index (κ2) is 13.3. The molecule has 0 radical (unpaired) electrons. The van der Waals surface area contributed by atoms with Gasteiger partial charge in [-0.1, -0.05) is 33.8 Å². The van der Waals surface area contributed by atoms with E-state index in [1.54, 1.807) is 20.8 Å². The third-order valence-electron chi connectivity index (χ3n) is 12.3. The Morgan fingerprint density at radius 2 is 1.67 bits per heavy atom. The van der Waals surface area contributed by atoms with Crippen molar-refractivity contribution in [3.05, 3.63) is 20.6 Å². The molecular formula is C35H52Br2O8. The van der Waals surface area contributed by atoms with Gasteiger partial charge in [0.05, 0.1) is 21.0 Å². The van der Waals surface area contributed by atoms with Gasteiger partial charge in [-0.15, -0.1) is 0 Å². The van der Waals surface area contributed by atoms with Crippen molar-refractivity contribution in [2.45, 2.75) is 125 Å². The van der Waals surface area contributed by atoms with Crippen LogP contribution >= 0.6 is 31.9 Å². The lowest BCUT2D eigenvalue weighted by molar-refractivity contribution is -0.234. The Kier molecular flexibility index (Phi) is 10.9. The highest BCUT2D eigenvalue weighted by Gasteiger charge is 2.70. The van der Waals surface area contributed by atoms with Crippen LogP contribution in [0.1, 0.15) is 107 Å². The average molecular weight is 761 g/mol. The van der Waals surface area contributed by atoms with Crippen molar-refractivity contribution in [2.24, 2.45) is 45.3 Å². The van der Waals surface area contributed by atoms with Gasteiger partial charge in [0, 0.05) is 12.5 Å². The molecule has 0 aromatic carbocycles. The molecule has 45 heavy (non-hydrogen) atoms. The molecule has 4 rings (SSSR count). The van der Waals surface area contributed by atoms with Crippen LogP contribution in [0.15, 0.2) is 20.6 Å². The summed E-state index contributed by atoms with van der Waals surface area (Å²) in [5, 5.41) is 22.9. The normalized spacial score (nSPS) is 40.3. The van der Waals surface area contributed by atoms with E-state index in [4.69, 9.17) is 14.2 Å². The molecule has 0 aromatic rings. The van der Waals surface area contributed by atoms with Gasteiger partial charge in [-0.25, -0.2) is 4.79 Å². The third-order valence-corrected chi connectivity index (χ3v) is 12.9. The molecule has 0 unspecified atom stereocenters. The molecule has 0 heterocycles. The zero-order valence-corrected chi connectivity index (χ0v) is 31.3. The standard InChI is InChI=1S/C35H52Br2O8/c1-19-22-12-15-34(7)29(33(22,6)14-13-24(19)39)25(40)16-23-28(26(45-20(2)38)17-35(23,34)8)21(10-9-11-27(36)37)30(41)43-18-44-31(42)32(3,4)5/h11,19,22-26,29,39-40H,9-10,12-18H2,1-8H3/b28-21-/t19-,22-,23-,24+,25+,26-,29-,33-,34-,35-/m0/s1. The lowest BCUT2D eigenvalue weighted by Gasteiger charge is -2.69. The van der Waals surface area contributed by atoms with Crippen LogP contribution in [0.4, 0.5) is 0 Å². The molecule has 0 amide bonds. The van der Waals surface area contributed by atoms with E-state index in [0.717, 1.165) is 34.6 Å². The predicted octanol–water partition coefficient (Wildman–Crippen LogP) is 7.34. The van der Waals surface area contributed by atoms with Crippen molar-refractivity contribution in [3.8, 4) is 0 Å². The molecule has 0 aliphatic heterocycles. The first kappa shape index (κ1) is 36.6. The van der Waals surface area contributed by atoms with Crippen LogP contribution in [0.25, 0.3) is 0 Å². The van der Waals surface area contributed by atoms with Gasteiger partial charge in [0.25, 0.3) is 0 Å². The van der Waals surface area contributed by atoms with Gasteiger partial charge in [-0.2, -0.15) is 0 Å². The highest BCUT2D eigenvalue weighted by atomic mass is 79.9. The number of aliphatic hydroxyl groups is 2. The van der Waals surface area contributed by atoms with Crippen LogP contribution in [-0.2, 0) is 28.6 Å². The molecule has 4 aliphatic carbocycles. The number of rotatable bonds is 7. The van der Waals surface area contributed by atoms with E-state index >= 15 is 0 Å². The topological polar surface area (TPSA) is 119 Å². The summed E-state index contributed by atoms with van der Waals surface area (Å²) in [6.07, 6.45) is 5.51. The van der Waals surface area contributed by atoms with Gasteiger partial charge in [0.1, 0.15) is 6.10 Å². The van der Waals surface area contributed by atoms with Gasteiger partial charge in [0.15, 0.2) is 0 Å². The Bertz CT molecular complexity index is 1230. The maximum Gasteiger partial charge on any atom is 0.336 e. The summed E-state index contributed by atoms with van der Waals surface area (Å²) < 4.78 is 17.6. The van der Waals surface area contributed by atoms with E-state index in [0.29, 0.717) is 37.2 Å². The van der Waals surface area contributed by atoms with Crippen LogP contribution in [0.5, 0.6) is 0 Å². The number of hydrogen-bond donors (Lipinski definition) is 2. The Balaban J connectivity index is 1.78. The molecule has 254 valence electrons. The van der Waals surface area contributed by atoms with Crippen LogP contribution in [0, 0.1) is 45.3 Å². The number of fused-ring (bicyclic) bond motifs is 5. The Labute approximate surface area is 285 Å². The highest BCUT2D eigenvalue weighted by Crippen LogP contribution is 2.74. The summed E-state index contributed by atoms with van der Waals surface area (Å²) in [7, 11) is 0. The van der Waals surface area contributed by atoms with Crippen molar-refractivity contribution in [1.82, 2.24) is 0 Å². The predicted molar refractivity (Wildman–Crippen MR) is 178 cm³/mol. The average Bonchev–Trinajstić information content (AvgIpc) is 3.19. The van der Waals surface area contributed by atoms with Crippen LogP contribution < -0.4 is 0 Å². The quantitative estimate of drug-likeness (QED) is 0.157. The number of allylic oxidation sites excluding steroid dienone is 1. The summed E-state index contributed by atoms with van der Waals surface area (Å²) in [5.74, 6) is -1.27. The summed E-state index contributed by atoms with van der Waals surface area (Å²) in [6.45, 7) is 15.1. The molecule has 0 saturated heterocycles. The number of ether oxygens (including phenoxy) is 3. The lowest BCUT2D eigenvalue weighted by Crippen LogP contribution is -2.65. The fourth-order valence-corrected chi connectivity index (χ4v) is 10.5. The minimum Gasteiger partial charge on any atom is -0.458 e. The molecule has 10 heteroatoms. The molecule has 2 N–H and O–H groups in total. The van der Waals surface area contributed by atoms with Crippen molar-refractivity contribution < 1.29 is 38.8 Å². The van der Waals surface area contributed by atoms with Gasteiger partial charge in [-0.3, -0.25) is 9.59 Å². The summed E-state index contributed by atoms with van der Waals surface area (Å²) in [6, 6.07) is 0. The zero-order chi connectivity index (χ0) is 33.7. The molecule has 0 aromatic heterocycles. The Morgan fingerprint density at radius 3 is 2.27 bits per heavy atom. The van der Waals surface area contributed by atoms with E-state index in [1.807, 2.05) is 6.08 Å². The van der Waals surface area contributed by atoms with Gasteiger partial charge in [-0.05, 0) is 149 Å². The number of esters is 3. The van der Waals surface area contributed by atoms with E-state index in [-0.39, 0.29) is 40.1 Å². The van der Waals surface area contributed by atoms with Crippen LogP contribution in [0.2, 0.25) is 0 Å². The van der Waals surface area contributed by atoms with Crippen molar-refractivity contribution in [1.29, 1.82) is 0 Å². The molecule has 8 nitrogen and oxygen atoms in total. The maximum atomic E-state index is 13.9. The first-order chi connectivity index (χ1) is 20.8. The summed E-state index contributed by atoms with van der Waals surface area (Å²) in [4.78, 5) is 38.7. The van der Waals surface area contributed by atoms with Crippen molar-refractivity contribution in [3.63, 3.8) is 0 Å². The van der Waals surface area contributed by atoms with Gasteiger partial charge < -0.3 is 24.4 Å². The Morgan fingerprint density at radius 1 is 1.00 bits per heavy atom. The smallest absolute Gasteiger partial charge is 0.336 e. The van der Waals surface area contributed by atoms with Crippen LogP contribution in [-0.4, -0.2) is 53.2 Å². The molecular weight excluding hydrogens is 708 g/mol. The second-order valence-electron chi connectivity index (χ2n) is 15.8. The maximum absolute atomic E-state index is 13.9. The zero-order valence-electron chi connectivity index (χ0n) is 28.1. The molecule has 4 saturated carbocycles. The molecule has 0 spiro atoms. The fourth-order valence-electron chi connectivity index (χ4n) is 10.0. The molecule has 4 aliphatic rings. The summed E-state index contributed by atoms with van der Waals surface area (Å²) in [5.41, 5.74) is -0.453. The molecule has 10 atom stereocenters. The number of carbonyl (C=O) groups excluding carboxylic acids is 3. The van der Waals surface area contributed by atoms with E-state index in [1.165, 1.54) is 6.92 Å². The van der Waals surface area contributed by atoms with E-state index in [9.17, 15) is 24.6 Å². The SMILES string of the molecule is CC(=O)O[C@H]1C[C@@]2(C)[C@@H](C[C@@H](O)[C@H]3[C@@]4(C)CC[C@@H](O)[C@@H](C)[C@@H]4CC[C@@]32C)/C1=C(\CCC=C(Br)Br)C(=O)OCOC(=O)C(C)(C)C. The molecule has 0 bridgehead atoms. The fraction of sp³-hybridized carbons (Fsp3) is 0.800. The number of aliphatic hydroxyl groups excluding tert-OH is 2.